The van der Waals surface area contributed by atoms with Crippen LogP contribution in [0.15, 0.2) is 30.6 Å². The summed E-state index contributed by atoms with van der Waals surface area (Å²) in [5, 5.41) is 0. The minimum absolute atomic E-state index is 0.0926. The molecule has 0 atom stereocenters. The van der Waals surface area contributed by atoms with E-state index in [2.05, 4.69) is 10.4 Å². The molecule has 4 heteroatoms. The number of fused-ring (bicyclic) bond motifs is 1. The lowest BCUT2D eigenvalue weighted by Crippen LogP contribution is -2.25. The molecule has 1 amide bonds. The molecule has 1 fully saturated rings. The van der Waals surface area contributed by atoms with Crippen molar-refractivity contribution in [3.63, 3.8) is 0 Å². The second-order valence-electron chi connectivity index (χ2n) is 5.35. The average Bonchev–Trinajstić information content (AvgIpc) is 2.83. The Morgan fingerprint density at radius 1 is 1.26 bits per heavy atom. The summed E-state index contributed by atoms with van der Waals surface area (Å²) < 4.78 is 1.72. The summed E-state index contributed by atoms with van der Waals surface area (Å²) >= 11 is 0. The number of aromatic nitrogens is 2. The van der Waals surface area contributed by atoms with Crippen LogP contribution < -0.4 is 5.43 Å². The first-order valence-corrected chi connectivity index (χ1v) is 7.05. The van der Waals surface area contributed by atoms with Gasteiger partial charge in [-0.1, -0.05) is 31.4 Å². The van der Waals surface area contributed by atoms with Gasteiger partial charge in [-0.15, -0.1) is 0 Å². The molecular weight excluding hydrogens is 238 g/mol. The number of nitrogens with one attached hydrogen (secondary N) is 1. The van der Waals surface area contributed by atoms with E-state index in [4.69, 9.17) is 0 Å². The molecule has 1 aliphatic carbocycles. The van der Waals surface area contributed by atoms with E-state index in [-0.39, 0.29) is 5.91 Å². The Labute approximate surface area is 112 Å². The molecule has 100 valence electrons. The molecule has 1 aliphatic rings. The lowest BCUT2D eigenvalue weighted by atomic mass is 9.87. The van der Waals surface area contributed by atoms with Crippen LogP contribution in [-0.4, -0.2) is 15.6 Å². The molecule has 0 bridgehead atoms. The molecule has 0 aliphatic heterocycles. The Hall–Kier alpha value is -1.84. The van der Waals surface area contributed by atoms with Gasteiger partial charge in [0.2, 0.25) is 5.91 Å². The quantitative estimate of drug-likeness (QED) is 0.918. The van der Waals surface area contributed by atoms with Gasteiger partial charge in [-0.2, -0.15) is 0 Å². The number of hydrogen-bond acceptors (Lipinski definition) is 2. The average molecular weight is 257 g/mol. The highest BCUT2D eigenvalue weighted by atomic mass is 16.2. The van der Waals surface area contributed by atoms with Crippen LogP contribution in [0.5, 0.6) is 0 Å². The number of benzene rings is 1. The van der Waals surface area contributed by atoms with Crippen molar-refractivity contribution in [2.24, 2.45) is 5.92 Å². The molecule has 1 heterocycles. The predicted molar refractivity (Wildman–Crippen MR) is 75.3 cm³/mol. The maximum atomic E-state index is 12.1. The van der Waals surface area contributed by atoms with Crippen LogP contribution in [0.1, 0.15) is 38.5 Å². The Kier molecular flexibility index (Phi) is 3.49. The SMILES string of the molecule is O=C(CC1CCCCC1)Nn1cnc2ccccc21. The van der Waals surface area contributed by atoms with Gasteiger partial charge in [0, 0.05) is 6.42 Å². The minimum atomic E-state index is 0.0926. The van der Waals surface area contributed by atoms with E-state index in [0.29, 0.717) is 12.3 Å². The molecule has 1 aromatic carbocycles. The fourth-order valence-corrected chi connectivity index (χ4v) is 2.88. The maximum Gasteiger partial charge on any atom is 0.239 e. The summed E-state index contributed by atoms with van der Waals surface area (Å²) in [6.45, 7) is 0. The highest BCUT2D eigenvalue weighted by Crippen LogP contribution is 2.26. The lowest BCUT2D eigenvalue weighted by molar-refractivity contribution is -0.118. The molecule has 0 spiro atoms. The van der Waals surface area contributed by atoms with Crippen LogP contribution >= 0.6 is 0 Å². The third-order valence-electron chi connectivity index (χ3n) is 3.90. The number of para-hydroxylation sites is 2. The summed E-state index contributed by atoms with van der Waals surface area (Å²) in [5.74, 6) is 0.651. The molecule has 1 saturated carbocycles. The standard InChI is InChI=1S/C15H19N3O/c19-15(10-12-6-2-1-3-7-12)17-18-11-16-13-8-4-5-9-14(13)18/h4-5,8-9,11-12H,1-3,6-7,10H2,(H,17,19). The van der Waals surface area contributed by atoms with Crippen molar-refractivity contribution in [2.45, 2.75) is 38.5 Å². The molecule has 19 heavy (non-hydrogen) atoms. The number of carbonyl (C=O) groups excluding carboxylic acids is 1. The number of carbonyl (C=O) groups is 1. The van der Waals surface area contributed by atoms with Crippen LogP contribution in [0.2, 0.25) is 0 Å². The Morgan fingerprint density at radius 2 is 2.05 bits per heavy atom. The van der Waals surface area contributed by atoms with Gasteiger partial charge < -0.3 is 0 Å². The van der Waals surface area contributed by atoms with Crippen molar-refractivity contribution in [1.82, 2.24) is 9.66 Å². The van der Waals surface area contributed by atoms with Crippen molar-refractivity contribution < 1.29 is 4.79 Å². The highest BCUT2D eigenvalue weighted by molar-refractivity contribution is 5.86. The molecule has 0 saturated heterocycles. The van der Waals surface area contributed by atoms with E-state index in [1.807, 2.05) is 24.3 Å². The van der Waals surface area contributed by atoms with Crippen molar-refractivity contribution in [3.05, 3.63) is 30.6 Å². The van der Waals surface area contributed by atoms with Crippen LogP contribution in [-0.2, 0) is 4.79 Å². The summed E-state index contributed by atoms with van der Waals surface area (Å²) in [7, 11) is 0. The minimum Gasteiger partial charge on any atom is -0.273 e. The first-order valence-electron chi connectivity index (χ1n) is 7.05. The second kappa shape index (κ2) is 5.43. The topological polar surface area (TPSA) is 46.9 Å². The van der Waals surface area contributed by atoms with Gasteiger partial charge >= 0.3 is 0 Å². The zero-order valence-corrected chi connectivity index (χ0v) is 11.0. The highest BCUT2D eigenvalue weighted by Gasteiger charge is 2.17. The van der Waals surface area contributed by atoms with Gasteiger partial charge in [-0.3, -0.25) is 10.2 Å². The zero-order chi connectivity index (χ0) is 13.1. The largest absolute Gasteiger partial charge is 0.273 e. The van der Waals surface area contributed by atoms with Gasteiger partial charge in [-0.25, -0.2) is 9.66 Å². The fourth-order valence-electron chi connectivity index (χ4n) is 2.88. The van der Waals surface area contributed by atoms with E-state index < -0.39 is 0 Å². The molecule has 0 radical (unpaired) electrons. The van der Waals surface area contributed by atoms with Crippen molar-refractivity contribution >= 4 is 16.9 Å². The first-order chi connectivity index (χ1) is 9.33. The fraction of sp³-hybridized carbons (Fsp3) is 0.467. The number of imidazole rings is 1. The molecule has 1 aromatic heterocycles. The summed E-state index contributed by atoms with van der Waals surface area (Å²) in [4.78, 5) is 16.3. The summed E-state index contributed by atoms with van der Waals surface area (Å²) in [6.07, 6.45) is 8.55. The molecule has 3 rings (SSSR count). The maximum absolute atomic E-state index is 12.1. The molecule has 2 aromatic rings. The van der Waals surface area contributed by atoms with Crippen LogP contribution in [0.25, 0.3) is 11.0 Å². The van der Waals surface area contributed by atoms with E-state index in [9.17, 15) is 4.79 Å². The van der Waals surface area contributed by atoms with Crippen LogP contribution in [0, 0.1) is 5.92 Å². The van der Waals surface area contributed by atoms with Crippen molar-refractivity contribution in [2.75, 3.05) is 5.43 Å². The second-order valence-corrected chi connectivity index (χ2v) is 5.35. The smallest absolute Gasteiger partial charge is 0.239 e. The van der Waals surface area contributed by atoms with Crippen LogP contribution in [0.3, 0.4) is 0 Å². The Balaban J connectivity index is 1.65. The van der Waals surface area contributed by atoms with Gasteiger partial charge in [-0.05, 0) is 30.9 Å². The third-order valence-corrected chi connectivity index (χ3v) is 3.90. The summed E-state index contributed by atoms with van der Waals surface area (Å²) in [5.41, 5.74) is 4.77. The number of nitrogens with zero attached hydrogens (tertiary/aromatic N) is 2. The van der Waals surface area contributed by atoms with Crippen molar-refractivity contribution in [3.8, 4) is 0 Å². The number of hydrogen-bond donors (Lipinski definition) is 1. The van der Waals surface area contributed by atoms with E-state index in [0.717, 1.165) is 11.0 Å². The third kappa shape index (κ3) is 2.78. The predicted octanol–water partition coefficient (Wildman–Crippen LogP) is 3.08. The van der Waals surface area contributed by atoms with Gasteiger partial charge in [0.1, 0.15) is 6.33 Å². The van der Waals surface area contributed by atoms with Crippen LogP contribution in [0.4, 0.5) is 0 Å². The van der Waals surface area contributed by atoms with E-state index in [1.54, 1.807) is 11.0 Å². The molecule has 0 unspecified atom stereocenters. The van der Waals surface area contributed by atoms with E-state index >= 15 is 0 Å². The monoisotopic (exact) mass is 257 g/mol. The Bertz CT molecular complexity index is 570. The van der Waals surface area contributed by atoms with Gasteiger partial charge in [0.15, 0.2) is 0 Å². The van der Waals surface area contributed by atoms with Gasteiger partial charge in [0.05, 0.1) is 11.0 Å². The van der Waals surface area contributed by atoms with Crippen molar-refractivity contribution in [1.29, 1.82) is 0 Å². The number of amides is 1. The normalized spacial score (nSPS) is 16.6. The molecule has 1 N–H and O–H groups in total. The zero-order valence-electron chi connectivity index (χ0n) is 11.0. The lowest BCUT2D eigenvalue weighted by Gasteiger charge is -2.20. The summed E-state index contributed by atoms with van der Waals surface area (Å²) in [6, 6.07) is 7.81. The molecule has 4 nitrogen and oxygen atoms in total. The first kappa shape index (κ1) is 12.2. The Morgan fingerprint density at radius 3 is 2.89 bits per heavy atom. The molecular formula is C15H19N3O. The van der Waals surface area contributed by atoms with Gasteiger partial charge in [0.25, 0.3) is 0 Å². The number of rotatable bonds is 3. The van der Waals surface area contributed by atoms with E-state index in [1.165, 1.54) is 32.1 Å².